The van der Waals surface area contributed by atoms with Gasteiger partial charge < -0.3 is 9.64 Å². The Bertz CT molecular complexity index is 1400. The summed E-state index contributed by atoms with van der Waals surface area (Å²) >= 11 is 12.3. The molecule has 0 amide bonds. The molecular weight excluding hydrogens is 494 g/mol. The lowest BCUT2D eigenvalue weighted by molar-refractivity contribution is 0.205. The molecule has 1 aliphatic heterocycles. The third kappa shape index (κ3) is 4.46. The zero-order valence-corrected chi connectivity index (χ0v) is 19.8. The van der Waals surface area contributed by atoms with Crippen molar-refractivity contribution in [2.45, 2.75) is 31.5 Å². The number of rotatable bonds is 6. The van der Waals surface area contributed by atoms with Gasteiger partial charge in [-0.05, 0) is 18.9 Å². The van der Waals surface area contributed by atoms with Crippen LogP contribution in [-0.2, 0) is 0 Å². The number of fused-ring (bicyclic) bond motifs is 1. The van der Waals surface area contributed by atoms with Gasteiger partial charge in [0.15, 0.2) is 17.8 Å². The van der Waals surface area contributed by atoms with Crippen LogP contribution < -0.4 is 15.4 Å². The number of ether oxygens (including phenoxy) is 1. The molecule has 3 N–H and O–H groups in total. The summed E-state index contributed by atoms with van der Waals surface area (Å²) < 4.78 is 20.5. The standard InChI is InChI=1S/C23H19Cl2FN8O/c24-15-10-29-11-16(25)20(15)22(28)35-19-6-14-18(7-17(19)26)32-33-21(14)12-8-30-23(31-9-12)34-5-1-2-13(34)3-4-27/h6-11,13,22H,1-3,5,28H2,(H,32,33)/t13-,22-/m0/s1. The number of hydrogen-bond acceptors (Lipinski definition) is 8. The van der Waals surface area contributed by atoms with Gasteiger partial charge >= 0.3 is 0 Å². The molecule has 0 spiro atoms. The highest BCUT2D eigenvalue weighted by molar-refractivity contribution is 6.35. The summed E-state index contributed by atoms with van der Waals surface area (Å²) in [4.78, 5) is 14.9. The Hall–Kier alpha value is -3.52. The number of hydrogen-bond donors (Lipinski definition) is 2. The van der Waals surface area contributed by atoms with Crippen LogP contribution in [0.5, 0.6) is 5.75 Å². The van der Waals surface area contributed by atoms with Crippen molar-refractivity contribution in [3.63, 3.8) is 0 Å². The van der Waals surface area contributed by atoms with E-state index in [0.29, 0.717) is 40.1 Å². The Balaban J connectivity index is 1.44. The van der Waals surface area contributed by atoms with Gasteiger partial charge in [-0.1, -0.05) is 23.2 Å². The molecule has 0 aliphatic carbocycles. The van der Waals surface area contributed by atoms with Gasteiger partial charge in [-0.3, -0.25) is 15.8 Å². The van der Waals surface area contributed by atoms with Gasteiger partial charge in [-0.2, -0.15) is 10.4 Å². The second kappa shape index (κ2) is 9.62. The van der Waals surface area contributed by atoms with Gasteiger partial charge in [0.05, 0.1) is 28.1 Å². The van der Waals surface area contributed by atoms with Crippen LogP contribution in [0, 0.1) is 17.1 Å². The Kier molecular flexibility index (Phi) is 6.38. The number of pyridine rings is 1. The molecule has 5 rings (SSSR count). The monoisotopic (exact) mass is 512 g/mol. The summed E-state index contributed by atoms with van der Waals surface area (Å²) in [5.41, 5.74) is 8.06. The van der Waals surface area contributed by atoms with Crippen LogP contribution in [-0.4, -0.2) is 37.7 Å². The van der Waals surface area contributed by atoms with Crippen LogP contribution in [0.25, 0.3) is 22.2 Å². The summed E-state index contributed by atoms with van der Waals surface area (Å²) in [5.74, 6) is -0.155. The predicted octanol–water partition coefficient (Wildman–Crippen LogP) is 4.78. The fourth-order valence-corrected chi connectivity index (χ4v) is 4.81. The first-order valence-corrected chi connectivity index (χ1v) is 11.6. The third-order valence-electron chi connectivity index (χ3n) is 5.92. The first kappa shape index (κ1) is 23.2. The molecule has 178 valence electrons. The number of aromatic amines is 1. The van der Waals surface area contributed by atoms with Gasteiger partial charge in [0.25, 0.3) is 0 Å². The molecule has 4 aromatic rings. The highest BCUT2D eigenvalue weighted by Crippen LogP contribution is 2.35. The Morgan fingerprint density at radius 2 is 1.97 bits per heavy atom. The number of aromatic nitrogens is 5. The second-order valence-corrected chi connectivity index (χ2v) is 8.89. The maximum atomic E-state index is 14.8. The normalized spacial score (nSPS) is 16.4. The highest BCUT2D eigenvalue weighted by Gasteiger charge is 2.26. The number of halogens is 3. The quantitative estimate of drug-likeness (QED) is 0.353. The van der Waals surface area contributed by atoms with Crippen molar-refractivity contribution in [3.05, 3.63) is 58.3 Å². The molecule has 35 heavy (non-hydrogen) atoms. The van der Waals surface area contributed by atoms with Crippen molar-refractivity contribution in [1.82, 2.24) is 25.1 Å². The second-order valence-electron chi connectivity index (χ2n) is 8.08. The molecule has 3 aromatic heterocycles. The van der Waals surface area contributed by atoms with Crippen molar-refractivity contribution in [1.29, 1.82) is 5.26 Å². The maximum Gasteiger partial charge on any atom is 0.225 e. The number of anilines is 1. The van der Waals surface area contributed by atoms with Crippen molar-refractivity contribution in [3.8, 4) is 23.1 Å². The number of nitrogens with two attached hydrogens (primary N) is 1. The predicted molar refractivity (Wildman–Crippen MR) is 129 cm³/mol. The first-order chi connectivity index (χ1) is 17.0. The largest absolute Gasteiger partial charge is 0.468 e. The van der Waals surface area contributed by atoms with Gasteiger partial charge in [-0.25, -0.2) is 14.4 Å². The smallest absolute Gasteiger partial charge is 0.225 e. The van der Waals surface area contributed by atoms with E-state index < -0.39 is 12.0 Å². The minimum Gasteiger partial charge on any atom is -0.468 e. The van der Waals surface area contributed by atoms with E-state index in [4.69, 9.17) is 38.9 Å². The molecule has 1 aliphatic rings. The molecule has 9 nitrogen and oxygen atoms in total. The summed E-state index contributed by atoms with van der Waals surface area (Å²) in [6, 6.07) is 5.12. The number of nitriles is 1. The Morgan fingerprint density at radius 1 is 1.23 bits per heavy atom. The van der Waals surface area contributed by atoms with Crippen molar-refractivity contribution in [2.75, 3.05) is 11.4 Å². The van der Waals surface area contributed by atoms with E-state index in [1.807, 2.05) is 4.90 Å². The SMILES string of the molecule is N#CC[C@@H]1CCCN1c1ncc(-c2n[nH]c3cc(F)c(O[C@H](N)c4c(Cl)cncc4Cl)cc23)cn1. The van der Waals surface area contributed by atoms with E-state index in [1.54, 1.807) is 12.4 Å². The zero-order chi connectivity index (χ0) is 24.5. The van der Waals surface area contributed by atoms with Crippen LogP contribution in [0.15, 0.2) is 36.9 Å². The van der Waals surface area contributed by atoms with Crippen LogP contribution in [0.4, 0.5) is 10.3 Å². The lowest BCUT2D eigenvalue weighted by atomic mass is 10.1. The van der Waals surface area contributed by atoms with Crippen LogP contribution in [0.3, 0.4) is 0 Å². The van der Waals surface area contributed by atoms with E-state index >= 15 is 0 Å². The molecule has 0 unspecified atom stereocenters. The molecule has 12 heteroatoms. The first-order valence-electron chi connectivity index (χ1n) is 10.8. The van der Waals surface area contributed by atoms with Crippen molar-refractivity contribution >= 4 is 40.1 Å². The van der Waals surface area contributed by atoms with Crippen LogP contribution >= 0.6 is 23.2 Å². The molecule has 4 heterocycles. The molecule has 1 saturated heterocycles. The third-order valence-corrected chi connectivity index (χ3v) is 6.52. The van der Waals surface area contributed by atoms with Gasteiger partial charge in [0.2, 0.25) is 5.95 Å². The summed E-state index contributed by atoms with van der Waals surface area (Å²) in [5, 5.41) is 17.2. The highest BCUT2D eigenvalue weighted by atomic mass is 35.5. The average Bonchev–Trinajstić information content (AvgIpc) is 3.46. The summed E-state index contributed by atoms with van der Waals surface area (Å²) in [6.07, 6.45) is 7.33. The number of nitrogens with zero attached hydrogens (tertiary/aromatic N) is 6. The average molecular weight is 513 g/mol. The van der Waals surface area contributed by atoms with Gasteiger partial charge in [0, 0.05) is 60.0 Å². The van der Waals surface area contributed by atoms with E-state index in [2.05, 4.69) is 31.2 Å². The molecule has 1 fully saturated rings. The number of benzene rings is 1. The summed E-state index contributed by atoms with van der Waals surface area (Å²) in [6.45, 7) is 0.808. The lowest BCUT2D eigenvalue weighted by Gasteiger charge is -2.22. The van der Waals surface area contributed by atoms with Crippen LogP contribution in [0.2, 0.25) is 10.0 Å². The molecular formula is C23H19Cl2FN8O. The van der Waals surface area contributed by atoms with E-state index in [0.717, 1.165) is 19.4 Å². The van der Waals surface area contributed by atoms with E-state index in [1.165, 1.54) is 24.5 Å². The van der Waals surface area contributed by atoms with Crippen molar-refractivity contribution in [2.24, 2.45) is 5.73 Å². The van der Waals surface area contributed by atoms with Gasteiger partial charge in [0.1, 0.15) is 5.69 Å². The molecule has 0 bridgehead atoms. The summed E-state index contributed by atoms with van der Waals surface area (Å²) in [7, 11) is 0. The molecule has 0 saturated carbocycles. The maximum absolute atomic E-state index is 14.8. The molecule has 0 radical (unpaired) electrons. The van der Waals surface area contributed by atoms with Crippen molar-refractivity contribution < 1.29 is 9.13 Å². The van der Waals surface area contributed by atoms with Gasteiger partial charge in [-0.15, -0.1) is 0 Å². The van der Waals surface area contributed by atoms with E-state index in [-0.39, 0.29) is 21.8 Å². The minimum absolute atomic E-state index is 0.0921. The number of nitrogens with one attached hydrogen (secondary N) is 1. The fraction of sp³-hybridized carbons (Fsp3) is 0.261. The minimum atomic E-state index is -1.12. The number of H-pyrrole nitrogens is 1. The Morgan fingerprint density at radius 3 is 2.69 bits per heavy atom. The molecule has 2 atom stereocenters. The van der Waals surface area contributed by atoms with E-state index in [9.17, 15) is 4.39 Å². The zero-order valence-electron chi connectivity index (χ0n) is 18.3. The topological polar surface area (TPSA) is 130 Å². The lowest BCUT2D eigenvalue weighted by Crippen LogP contribution is -2.30. The Labute approximate surface area is 209 Å². The molecule has 1 aromatic carbocycles. The van der Waals surface area contributed by atoms with Crippen LogP contribution in [0.1, 0.15) is 31.1 Å². The fourth-order valence-electron chi connectivity index (χ4n) is 4.23.